The maximum Gasteiger partial charge on any atom is 0.254 e. The minimum Gasteiger partial charge on any atom is -0.351 e. The first kappa shape index (κ1) is 15.7. The topological polar surface area (TPSA) is 84.2 Å². The third-order valence-electron chi connectivity index (χ3n) is 2.44. The second-order valence-corrected chi connectivity index (χ2v) is 6.60. The molecule has 6 heteroatoms. The number of hydrogen-bond acceptors (Lipinski definition) is 4. The van der Waals surface area contributed by atoms with Crippen LogP contribution < -0.4 is 16.4 Å². The molecule has 0 saturated carbocycles. The molecule has 0 fully saturated rings. The number of carbonyl (C=O) groups excluding carboxylic acids is 2. The molecular weight excluding hydrogens is 262 g/mol. The van der Waals surface area contributed by atoms with E-state index in [9.17, 15) is 9.59 Å². The lowest BCUT2D eigenvalue weighted by atomic mass is 9.96. The Morgan fingerprint density at radius 2 is 2.00 bits per heavy atom. The summed E-state index contributed by atoms with van der Waals surface area (Å²) in [6.07, 6.45) is 0. The van der Waals surface area contributed by atoms with Gasteiger partial charge in [-0.3, -0.25) is 9.59 Å². The maximum absolute atomic E-state index is 12.0. The summed E-state index contributed by atoms with van der Waals surface area (Å²) in [7, 11) is 0. The lowest BCUT2D eigenvalue weighted by Crippen LogP contribution is -2.31. The molecule has 4 N–H and O–H groups in total. The van der Waals surface area contributed by atoms with Crippen LogP contribution in [0, 0.1) is 12.3 Å². The van der Waals surface area contributed by atoms with Crippen LogP contribution in [-0.2, 0) is 4.79 Å². The zero-order chi connectivity index (χ0) is 14.6. The first-order chi connectivity index (χ1) is 8.75. The van der Waals surface area contributed by atoms with Gasteiger partial charge in [0.1, 0.15) is 5.00 Å². The largest absolute Gasteiger partial charge is 0.351 e. The van der Waals surface area contributed by atoms with E-state index < -0.39 is 5.41 Å². The van der Waals surface area contributed by atoms with Gasteiger partial charge in [0.2, 0.25) is 5.91 Å². The third-order valence-corrected chi connectivity index (χ3v) is 3.40. The van der Waals surface area contributed by atoms with Gasteiger partial charge >= 0.3 is 0 Å². The first-order valence-corrected chi connectivity index (χ1v) is 6.97. The zero-order valence-corrected chi connectivity index (χ0v) is 12.6. The third kappa shape index (κ3) is 4.33. The molecule has 0 radical (unpaired) electrons. The molecule has 0 unspecified atom stereocenters. The number of aryl methyl sites for hydroxylation is 1. The number of nitrogens with two attached hydrogens (primary N) is 1. The molecule has 2 amide bonds. The number of thiophene rings is 1. The van der Waals surface area contributed by atoms with E-state index in [4.69, 9.17) is 5.73 Å². The normalized spacial score (nSPS) is 11.2. The van der Waals surface area contributed by atoms with Crippen molar-refractivity contribution in [2.45, 2.75) is 27.7 Å². The van der Waals surface area contributed by atoms with E-state index in [-0.39, 0.29) is 11.8 Å². The SMILES string of the molecule is Cc1cc(C(=O)NCCN)c(NC(=O)C(C)(C)C)s1. The minimum atomic E-state index is -0.497. The number of rotatable bonds is 4. The monoisotopic (exact) mass is 283 g/mol. The quantitative estimate of drug-likeness (QED) is 0.786. The molecule has 0 spiro atoms. The van der Waals surface area contributed by atoms with Gasteiger partial charge in [0, 0.05) is 23.4 Å². The van der Waals surface area contributed by atoms with Gasteiger partial charge in [0.25, 0.3) is 5.91 Å². The molecule has 5 nitrogen and oxygen atoms in total. The second kappa shape index (κ2) is 6.16. The van der Waals surface area contributed by atoms with Gasteiger partial charge in [-0.05, 0) is 13.0 Å². The average molecular weight is 283 g/mol. The van der Waals surface area contributed by atoms with Crippen LogP contribution in [0.1, 0.15) is 36.0 Å². The van der Waals surface area contributed by atoms with Crippen molar-refractivity contribution >= 4 is 28.2 Å². The van der Waals surface area contributed by atoms with Crippen LogP contribution in [0.3, 0.4) is 0 Å². The van der Waals surface area contributed by atoms with E-state index in [1.807, 2.05) is 27.7 Å². The van der Waals surface area contributed by atoms with E-state index in [2.05, 4.69) is 10.6 Å². The fourth-order valence-corrected chi connectivity index (χ4v) is 2.25. The van der Waals surface area contributed by atoms with Crippen LogP contribution in [0.2, 0.25) is 0 Å². The highest BCUT2D eigenvalue weighted by molar-refractivity contribution is 7.16. The molecule has 0 aliphatic carbocycles. The molecule has 1 aromatic heterocycles. The number of carbonyl (C=O) groups is 2. The van der Waals surface area contributed by atoms with Crippen molar-refractivity contribution in [2.24, 2.45) is 11.1 Å². The number of nitrogens with one attached hydrogen (secondary N) is 2. The second-order valence-electron chi connectivity index (χ2n) is 5.35. The standard InChI is InChI=1S/C13H21N3O2S/c1-8-7-9(10(17)15-6-5-14)11(19-8)16-12(18)13(2,3)4/h7H,5-6,14H2,1-4H3,(H,15,17)(H,16,18). The average Bonchev–Trinajstić information content (AvgIpc) is 2.66. The fraction of sp³-hybridized carbons (Fsp3) is 0.538. The summed E-state index contributed by atoms with van der Waals surface area (Å²) in [5.74, 6) is -0.318. The van der Waals surface area contributed by atoms with Gasteiger partial charge in [-0.25, -0.2) is 0 Å². The Hall–Kier alpha value is -1.40. The zero-order valence-electron chi connectivity index (χ0n) is 11.8. The van der Waals surface area contributed by atoms with Crippen LogP contribution in [0.4, 0.5) is 5.00 Å². The van der Waals surface area contributed by atoms with Crippen molar-refractivity contribution in [2.75, 3.05) is 18.4 Å². The molecule has 0 aliphatic heterocycles. The molecule has 0 aliphatic rings. The molecule has 0 bridgehead atoms. The predicted octanol–water partition coefficient (Wildman–Crippen LogP) is 1.73. The molecule has 1 heterocycles. The van der Waals surface area contributed by atoms with Gasteiger partial charge in [0.05, 0.1) is 5.56 Å². The maximum atomic E-state index is 12.0. The minimum absolute atomic E-state index is 0.109. The lowest BCUT2D eigenvalue weighted by Gasteiger charge is -2.17. The molecule has 0 aromatic carbocycles. The highest BCUT2D eigenvalue weighted by Crippen LogP contribution is 2.29. The Balaban J connectivity index is 2.90. The Bertz CT molecular complexity index is 475. The van der Waals surface area contributed by atoms with Crippen molar-refractivity contribution in [3.05, 3.63) is 16.5 Å². The summed E-state index contributed by atoms with van der Waals surface area (Å²) >= 11 is 1.40. The van der Waals surface area contributed by atoms with Crippen molar-refractivity contribution in [3.8, 4) is 0 Å². The van der Waals surface area contributed by atoms with Gasteiger partial charge in [-0.1, -0.05) is 20.8 Å². The highest BCUT2D eigenvalue weighted by atomic mass is 32.1. The van der Waals surface area contributed by atoms with Gasteiger partial charge in [0.15, 0.2) is 0 Å². The molecule has 1 aromatic rings. The molecule has 1 rings (SSSR count). The molecular formula is C13H21N3O2S. The van der Waals surface area contributed by atoms with Crippen molar-refractivity contribution < 1.29 is 9.59 Å². The van der Waals surface area contributed by atoms with Crippen molar-refractivity contribution in [3.63, 3.8) is 0 Å². The van der Waals surface area contributed by atoms with E-state index >= 15 is 0 Å². The van der Waals surface area contributed by atoms with E-state index in [0.717, 1.165) is 4.88 Å². The van der Waals surface area contributed by atoms with Crippen LogP contribution in [0.15, 0.2) is 6.07 Å². The Morgan fingerprint density at radius 1 is 1.37 bits per heavy atom. The van der Waals surface area contributed by atoms with Crippen molar-refractivity contribution in [1.29, 1.82) is 0 Å². The molecule has 0 atom stereocenters. The molecule has 106 valence electrons. The Labute approximate surface area is 117 Å². The number of amides is 2. The van der Waals surface area contributed by atoms with Gasteiger partial charge in [-0.15, -0.1) is 11.3 Å². The summed E-state index contributed by atoms with van der Waals surface area (Å²) < 4.78 is 0. The van der Waals surface area contributed by atoms with E-state index in [1.165, 1.54) is 11.3 Å². The smallest absolute Gasteiger partial charge is 0.254 e. The summed E-state index contributed by atoms with van der Waals surface area (Å²) in [6.45, 7) is 8.20. The van der Waals surface area contributed by atoms with Gasteiger partial charge < -0.3 is 16.4 Å². The van der Waals surface area contributed by atoms with Crippen molar-refractivity contribution in [1.82, 2.24) is 5.32 Å². The number of anilines is 1. The Kier molecular flexibility index (Phi) is 5.08. The predicted molar refractivity (Wildman–Crippen MR) is 78.5 cm³/mol. The fourth-order valence-electron chi connectivity index (χ4n) is 1.35. The first-order valence-electron chi connectivity index (χ1n) is 6.16. The van der Waals surface area contributed by atoms with Gasteiger partial charge in [-0.2, -0.15) is 0 Å². The van der Waals surface area contributed by atoms with Crippen LogP contribution in [0.25, 0.3) is 0 Å². The van der Waals surface area contributed by atoms with E-state index in [1.54, 1.807) is 6.07 Å². The van der Waals surface area contributed by atoms with Crippen LogP contribution >= 0.6 is 11.3 Å². The highest BCUT2D eigenvalue weighted by Gasteiger charge is 2.24. The number of hydrogen-bond donors (Lipinski definition) is 3. The summed E-state index contributed by atoms with van der Waals surface area (Å²) in [4.78, 5) is 24.9. The summed E-state index contributed by atoms with van der Waals surface area (Å²) in [5.41, 5.74) is 5.35. The summed E-state index contributed by atoms with van der Waals surface area (Å²) in [6, 6.07) is 1.77. The lowest BCUT2D eigenvalue weighted by molar-refractivity contribution is -0.123. The summed E-state index contributed by atoms with van der Waals surface area (Å²) in [5, 5.41) is 6.11. The van der Waals surface area contributed by atoms with E-state index in [0.29, 0.717) is 23.7 Å². The molecule has 0 saturated heterocycles. The molecule has 19 heavy (non-hydrogen) atoms. The Morgan fingerprint density at radius 3 is 2.53 bits per heavy atom. The van der Waals surface area contributed by atoms with Crippen LogP contribution in [0.5, 0.6) is 0 Å². The van der Waals surface area contributed by atoms with Crippen LogP contribution in [-0.4, -0.2) is 24.9 Å².